The van der Waals surface area contributed by atoms with Gasteiger partial charge in [0, 0.05) is 18.7 Å². The molecule has 1 saturated heterocycles. The van der Waals surface area contributed by atoms with Crippen LogP contribution in [0, 0.1) is 0 Å². The van der Waals surface area contributed by atoms with E-state index in [1.165, 1.54) is 25.3 Å². The summed E-state index contributed by atoms with van der Waals surface area (Å²) < 4.78 is 4.52. The molecule has 0 saturated carbocycles. The number of nitrogens with zero attached hydrogens (tertiary/aromatic N) is 1. The molecule has 0 aliphatic carbocycles. The number of ether oxygens (including phenoxy) is 1. The van der Waals surface area contributed by atoms with Crippen LogP contribution in [0.25, 0.3) is 0 Å². The highest BCUT2D eigenvalue weighted by atomic mass is 16.5. The predicted octanol–water partition coefficient (Wildman–Crippen LogP) is 0.955. The summed E-state index contributed by atoms with van der Waals surface area (Å²) in [5.41, 5.74) is 0.401. The number of carboxylic acid groups (broad SMARTS) is 1. The van der Waals surface area contributed by atoms with Gasteiger partial charge < -0.3 is 20.1 Å². The number of methoxy groups -OCH3 is 1. The van der Waals surface area contributed by atoms with Gasteiger partial charge in [-0.1, -0.05) is 6.07 Å². The van der Waals surface area contributed by atoms with Crippen LogP contribution >= 0.6 is 0 Å². The van der Waals surface area contributed by atoms with Gasteiger partial charge in [-0.3, -0.25) is 4.79 Å². The van der Waals surface area contributed by atoms with Crippen LogP contribution in [0.4, 0.5) is 4.79 Å². The van der Waals surface area contributed by atoms with Crippen LogP contribution < -0.4 is 5.32 Å². The van der Waals surface area contributed by atoms with Gasteiger partial charge in [0.1, 0.15) is 0 Å². The summed E-state index contributed by atoms with van der Waals surface area (Å²) in [6.45, 7) is 0.885. The standard InChI is InChI=1S/C14H16N2O5/c1-21-14(20)15-11-5-6-16(8-11)12(17)9-3-2-4-10(7-9)13(18)19/h2-4,7,11H,5-6,8H2,1H3,(H,15,20)(H,18,19). The summed E-state index contributed by atoms with van der Waals surface area (Å²) in [7, 11) is 1.28. The normalized spacial score (nSPS) is 17.4. The first-order valence-corrected chi connectivity index (χ1v) is 6.48. The van der Waals surface area contributed by atoms with Gasteiger partial charge in [-0.15, -0.1) is 0 Å². The molecule has 1 fully saturated rings. The third kappa shape index (κ3) is 3.50. The molecule has 7 heteroatoms. The molecule has 2 rings (SSSR count). The Hall–Kier alpha value is -2.57. The zero-order valence-corrected chi connectivity index (χ0v) is 11.5. The number of carbonyl (C=O) groups excluding carboxylic acids is 2. The maximum atomic E-state index is 12.3. The topological polar surface area (TPSA) is 95.9 Å². The van der Waals surface area contributed by atoms with Crippen molar-refractivity contribution in [1.82, 2.24) is 10.2 Å². The number of nitrogens with one attached hydrogen (secondary N) is 1. The Morgan fingerprint density at radius 3 is 2.71 bits per heavy atom. The maximum Gasteiger partial charge on any atom is 0.407 e. The van der Waals surface area contributed by atoms with Gasteiger partial charge in [-0.05, 0) is 24.6 Å². The molecule has 1 aromatic rings. The molecule has 1 atom stereocenters. The van der Waals surface area contributed by atoms with E-state index in [-0.39, 0.29) is 17.5 Å². The lowest BCUT2D eigenvalue weighted by molar-refractivity contribution is 0.0696. The first-order valence-electron chi connectivity index (χ1n) is 6.48. The van der Waals surface area contributed by atoms with Gasteiger partial charge in [0.15, 0.2) is 0 Å². The average Bonchev–Trinajstić information content (AvgIpc) is 2.94. The molecule has 21 heavy (non-hydrogen) atoms. The highest BCUT2D eigenvalue weighted by Crippen LogP contribution is 2.15. The van der Waals surface area contributed by atoms with Crippen molar-refractivity contribution in [3.63, 3.8) is 0 Å². The molecule has 0 spiro atoms. The van der Waals surface area contributed by atoms with Crippen molar-refractivity contribution in [2.75, 3.05) is 20.2 Å². The molecule has 1 aromatic carbocycles. The van der Waals surface area contributed by atoms with Crippen molar-refractivity contribution in [2.45, 2.75) is 12.5 Å². The molecule has 0 radical (unpaired) electrons. The zero-order chi connectivity index (χ0) is 15.4. The van der Waals surface area contributed by atoms with Gasteiger partial charge in [-0.2, -0.15) is 0 Å². The Morgan fingerprint density at radius 1 is 1.33 bits per heavy atom. The maximum absolute atomic E-state index is 12.3. The van der Waals surface area contributed by atoms with Crippen LogP contribution in [0.2, 0.25) is 0 Å². The fourth-order valence-corrected chi connectivity index (χ4v) is 2.26. The molecule has 0 bridgehead atoms. The van der Waals surface area contributed by atoms with E-state index in [2.05, 4.69) is 10.1 Å². The first kappa shape index (κ1) is 14.8. The number of alkyl carbamates (subject to hydrolysis) is 1. The van der Waals surface area contributed by atoms with Gasteiger partial charge in [0.05, 0.1) is 18.7 Å². The summed E-state index contributed by atoms with van der Waals surface area (Å²) in [5.74, 6) is -1.32. The van der Waals surface area contributed by atoms with Crippen LogP contribution in [0.1, 0.15) is 27.1 Å². The van der Waals surface area contributed by atoms with Crippen molar-refractivity contribution < 1.29 is 24.2 Å². The Bertz CT molecular complexity index is 572. The summed E-state index contributed by atoms with van der Waals surface area (Å²) in [5, 5.41) is 11.6. The quantitative estimate of drug-likeness (QED) is 0.865. The highest BCUT2D eigenvalue weighted by molar-refractivity contribution is 5.97. The molecule has 0 aromatic heterocycles. The van der Waals surface area contributed by atoms with E-state index in [4.69, 9.17) is 5.11 Å². The Kier molecular flexibility index (Phi) is 4.42. The largest absolute Gasteiger partial charge is 0.478 e. The third-order valence-corrected chi connectivity index (χ3v) is 3.34. The minimum Gasteiger partial charge on any atom is -0.478 e. The van der Waals surface area contributed by atoms with Crippen molar-refractivity contribution in [3.05, 3.63) is 35.4 Å². The summed E-state index contributed by atoms with van der Waals surface area (Å²) >= 11 is 0. The van der Waals surface area contributed by atoms with Crippen LogP contribution in [-0.2, 0) is 4.74 Å². The highest BCUT2D eigenvalue weighted by Gasteiger charge is 2.28. The monoisotopic (exact) mass is 292 g/mol. The number of carbonyl (C=O) groups is 3. The van der Waals surface area contributed by atoms with Crippen molar-refractivity contribution in [2.24, 2.45) is 0 Å². The van der Waals surface area contributed by atoms with Crippen LogP contribution in [0.15, 0.2) is 24.3 Å². The number of hydrogen-bond donors (Lipinski definition) is 2. The Morgan fingerprint density at radius 2 is 2.05 bits per heavy atom. The number of hydrogen-bond acceptors (Lipinski definition) is 4. The summed E-state index contributed by atoms with van der Waals surface area (Å²) in [4.78, 5) is 35.9. The van der Waals surface area contributed by atoms with E-state index in [0.717, 1.165) is 0 Å². The fraction of sp³-hybridized carbons (Fsp3) is 0.357. The molecule has 1 aliphatic rings. The number of aromatic carboxylic acids is 1. The lowest BCUT2D eigenvalue weighted by Gasteiger charge is -2.17. The fourth-order valence-electron chi connectivity index (χ4n) is 2.26. The molecule has 7 nitrogen and oxygen atoms in total. The van der Waals surface area contributed by atoms with E-state index in [9.17, 15) is 14.4 Å². The van der Waals surface area contributed by atoms with Crippen molar-refractivity contribution in [1.29, 1.82) is 0 Å². The molecule has 1 aliphatic heterocycles. The molecular weight excluding hydrogens is 276 g/mol. The van der Waals surface area contributed by atoms with Gasteiger partial charge in [-0.25, -0.2) is 9.59 Å². The van der Waals surface area contributed by atoms with E-state index < -0.39 is 12.1 Å². The Balaban J connectivity index is 2.03. The lowest BCUT2D eigenvalue weighted by atomic mass is 10.1. The van der Waals surface area contributed by atoms with Gasteiger partial charge in [0.2, 0.25) is 0 Å². The predicted molar refractivity (Wildman–Crippen MR) is 73.3 cm³/mol. The molecule has 112 valence electrons. The molecule has 2 N–H and O–H groups in total. The smallest absolute Gasteiger partial charge is 0.407 e. The van der Waals surface area contributed by atoms with E-state index in [1.807, 2.05) is 0 Å². The second-order valence-corrected chi connectivity index (χ2v) is 4.76. The molecule has 2 amide bonds. The third-order valence-electron chi connectivity index (χ3n) is 3.34. The molecular formula is C14H16N2O5. The van der Waals surface area contributed by atoms with Crippen molar-refractivity contribution in [3.8, 4) is 0 Å². The van der Waals surface area contributed by atoms with Crippen molar-refractivity contribution >= 4 is 18.0 Å². The minimum atomic E-state index is -1.07. The number of amides is 2. The summed E-state index contributed by atoms with van der Waals surface area (Å²) in [6.07, 6.45) is 0.113. The molecule has 1 unspecified atom stereocenters. The molecule has 1 heterocycles. The van der Waals surface area contributed by atoms with Crippen LogP contribution in [-0.4, -0.2) is 54.2 Å². The van der Waals surface area contributed by atoms with E-state index in [0.29, 0.717) is 25.1 Å². The second kappa shape index (κ2) is 6.25. The van der Waals surface area contributed by atoms with E-state index >= 15 is 0 Å². The van der Waals surface area contributed by atoms with Crippen LogP contribution in [0.5, 0.6) is 0 Å². The number of rotatable bonds is 3. The minimum absolute atomic E-state index is 0.0734. The lowest BCUT2D eigenvalue weighted by Crippen LogP contribution is -2.38. The number of likely N-dealkylation sites (tertiary alicyclic amines) is 1. The van der Waals surface area contributed by atoms with E-state index in [1.54, 1.807) is 11.0 Å². The SMILES string of the molecule is COC(=O)NC1CCN(C(=O)c2cccc(C(=O)O)c2)C1. The second-order valence-electron chi connectivity index (χ2n) is 4.76. The zero-order valence-electron chi connectivity index (χ0n) is 11.5. The summed E-state index contributed by atoms with van der Waals surface area (Å²) in [6, 6.07) is 5.76. The van der Waals surface area contributed by atoms with Crippen LogP contribution in [0.3, 0.4) is 0 Å². The average molecular weight is 292 g/mol. The van der Waals surface area contributed by atoms with Gasteiger partial charge in [0.25, 0.3) is 5.91 Å². The van der Waals surface area contributed by atoms with Gasteiger partial charge >= 0.3 is 12.1 Å². The number of carboxylic acids is 1. The number of benzene rings is 1. The first-order chi connectivity index (χ1) is 10.0. The Labute approximate surface area is 121 Å².